The third-order valence-corrected chi connectivity index (χ3v) is 2.58. The molecule has 1 aromatic heterocycles. The molecular weight excluding hydrogens is 258 g/mol. The fourth-order valence-corrected chi connectivity index (χ4v) is 1.70. The van der Waals surface area contributed by atoms with Crippen molar-refractivity contribution in [2.75, 3.05) is 12.4 Å². The number of aromatic nitrogens is 1. The second kappa shape index (κ2) is 5.11. The third-order valence-electron chi connectivity index (χ3n) is 1.97. The van der Waals surface area contributed by atoms with Crippen molar-refractivity contribution >= 4 is 27.7 Å². The van der Waals surface area contributed by atoms with Crippen molar-refractivity contribution in [3.8, 4) is 0 Å². The Morgan fingerprint density at radius 1 is 1.60 bits per heavy atom. The number of pyridine rings is 1. The molecule has 1 amide bonds. The predicted octanol–water partition coefficient (Wildman–Crippen LogP) is 1.70. The molecule has 1 unspecified atom stereocenters. The Bertz CT molecular complexity index is 368. The number of amides is 1. The first kappa shape index (κ1) is 12.0. The van der Waals surface area contributed by atoms with Crippen LogP contribution in [-0.2, 0) is 4.79 Å². The van der Waals surface area contributed by atoms with Gasteiger partial charge in [-0.25, -0.2) is 4.98 Å². The first-order valence-electron chi connectivity index (χ1n) is 4.65. The minimum atomic E-state index is -0.304. The number of carbonyl (C=O) groups excluding carboxylic acids is 1. The van der Waals surface area contributed by atoms with Crippen LogP contribution in [0.25, 0.3) is 0 Å². The summed E-state index contributed by atoms with van der Waals surface area (Å²) in [5.41, 5.74) is 1.07. The topological polar surface area (TPSA) is 54.0 Å². The fourth-order valence-electron chi connectivity index (χ4n) is 1.13. The largest absolute Gasteiger partial charge is 0.358 e. The Hall–Kier alpha value is -1.10. The predicted molar refractivity (Wildman–Crippen MR) is 63.8 cm³/mol. The zero-order valence-corrected chi connectivity index (χ0v) is 10.6. The molecule has 0 bridgehead atoms. The molecule has 0 aliphatic heterocycles. The molecule has 1 heterocycles. The zero-order chi connectivity index (χ0) is 11.4. The molecule has 4 nitrogen and oxygen atoms in total. The third kappa shape index (κ3) is 3.20. The Kier molecular flexibility index (Phi) is 4.08. The minimum Gasteiger partial charge on any atom is -0.358 e. The van der Waals surface area contributed by atoms with Crippen LogP contribution in [0.3, 0.4) is 0 Å². The molecular formula is C10H14BrN3O. The number of nitrogens with zero attached hydrogens (tertiary/aromatic N) is 1. The van der Waals surface area contributed by atoms with Crippen LogP contribution in [0.15, 0.2) is 16.7 Å². The second-order valence-electron chi connectivity index (χ2n) is 3.32. The Morgan fingerprint density at radius 2 is 2.27 bits per heavy atom. The van der Waals surface area contributed by atoms with Crippen LogP contribution in [0.1, 0.15) is 12.5 Å². The standard InChI is InChI=1S/C10H14BrN3O/c1-6-4-8(11)9(13-5-6)14-7(2)10(15)12-3/h4-5,7H,1-3H3,(H,12,15)(H,13,14). The number of nitrogens with one attached hydrogen (secondary N) is 2. The van der Waals surface area contributed by atoms with Gasteiger partial charge >= 0.3 is 0 Å². The van der Waals surface area contributed by atoms with E-state index in [2.05, 4.69) is 31.5 Å². The van der Waals surface area contributed by atoms with Crippen molar-refractivity contribution in [3.05, 3.63) is 22.3 Å². The number of likely N-dealkylation sites (N-methyl/N-ethyl adjacent to an activating group) is 1. The van der Waals surface area contributed by atoms with E-state index < -0.39 is 0 Å². The highest BCUT2D eigenvalue weighted by Gasteiger charge is 2.12. The Morgan fingerprint density at radius 3 is 2.80 bits per heavy atom. The van der Waals surface area contributed by atoms with Gasteiger partial charge in [-0.2, -0.15) is 0 Å². The first-order chi connectivity index (χ1) is 7.04. The van der Waals surface area contributed by atoms with E-state index in [-0.39, 0.29) is 11.9 Å². The number of hydrogen-bond donors (Lipinski definition) is 2. The van der Waals surface area contributed by atoms with Crippen LogP contribution >= 0.6 is 15.9 Å². The average molecular weight is 272 g/mol. The van der Waals surface area contributed by atoms with Crippen LogP contribution in [0, 0.1) is 6.92 Å². The first-order valence-corrected chi connectivity index (χ1v) is 5.44. The molecule has 0 radical (unpaired) electrons. The van der Waals surface area contributed by atoms with E-state index in [9.17, 15) is 4.79 Å². The SMILES string of the molecule is CNC(=O)C(C)Nc1ncc(C)cc1Br. The van der Waals surface area contributed by atoms with Gasteiger partial charge in [0.1, 0.15) is 11.9 Å². The van der Waals surface area contributed by atoms with E-state index in [1.807, 2.05) is 13.0 Å². The number of rotatable bonds is 3. The summed E-state index contributed by atoms with van der Waals surface area (Å²) in [6.07, 6.45) is 1.75. The van der Waals surface area contributed by atoms with E-state index >= 15 is 0 Å². The average Bonchev–Trinajstić information content (AvgIpc) is 2.20. The quantitative estimate of drug-likeness (QED) is 0.880. The molecule has 2 N–H and O–H groups in total. The maximum Gasteiger partial charge on any atom is 0.241 e. The molecule has 0 saturated heterocycles. The van der Waals surface area contributed by atoms with E-state index in [1.165, 1.54) is 0 Å². The fraction of sp³-hybridized carbons (Fsp3) is 0.400. The van der Waals surface area contributed by atoms with E-state index in [0.717, 1.165) is 10.0 Å². The molecule has 15 heavy (non-hydrogen) atoms. The van der Waals surface area contributed by atoms with Gasteiger partial charge in [-0.15, -0.1) is 0 Å². The van der Waals surface area contributed by atoms with Crippen molar-refractivity contribution in [2.45, 2.75) is 19.9 Å². The van der Waals surface area contributed by atoms with Crippen molar-refractivity contribution in [2.24, 2.45) is 0 Å². The van der Waals surface area contributed by atoms with Gasteiger partial charge in [0.2, 0.25) is 5.91 Å². The zero-order valence-electron chi connectivity index (χ0n) is 8.97. The lowest BCUT2D eigenvalue weighted by molar-refractivity contribution is -0.121. The summed E-state index contributed by atoms with van der Waals surface area (Å²) in [5.74, 6) is 0.612. The van der Waals surface area contributed by atoms with Crippen molar-refractivity contribution in [1.82, 2.24) is 10.3 Å². The molecule has 0 fully saturated rings. The number of carbonyl (C=O) groups is 1. The van der Waals surface area contributed by atoms with Crippen LogP contribution < -0.4 is 10.6 Å². The van der Waals surface area contributed by atoms with Gasteiger partial charge < -0.3 is 10.6 Å². The molecule has 0 aliphatic rings. The summed E-state index contributed by atoms with van der Waals surface area (Å²) in [7, 11) is 1.61. The molecule has 0 spiro atoms. The van der Waals surface area contributed by atoms with Gasteiger partial charge in [0.25, 0.3) is 0 Å². The molecule has 0 saturated carbocycles. The Balaban J connectivity index is 2.76. The maximum atomic E-state index is 11.3. The van der Waals surface area contributed by atoms with Gasteiger partial charge in [-0.3, -0.25) is 4.79 Å². The summed E-state index contributed by atoms with van der Waals surface area (Å²) in [6, 6.07) is 1.65. The second-order valence-corrected chi connectivity index (χ2v) is 4.18. The summed E-state index contributed by atoms with van der Waals surface area (Å²) in [6.45, 7) is 3.75. The van der Waals surface area contributed by atoms with Crippen molar-refractivity contribution in [1.29, 1.82) is 0 Å². The number of hydrogen-bond acceptors (Lipinski definition) is 3. The summed E-state index contributed by atoms with van der Waals surface area (Å²) in [5, 5.41) is 5.59. The monoisotopic (exact) mass is 271 g/mol. The highest BCUT2D eigenvalue weighted by atomic mass is 79.9. The van der Waals surface area contributed by atoms with E-state index in [4.69, 9.17) is 0 Å². The van der Waals surface area contributed by atoms with Gasteiger partial charge in [-0.05, 0) is 41.4 Å². The molecule has 1 atom stereocenters. The lowest BCUT2D eigenvalue weighted by atomic mass is 10.3. The van der Waals surface area contributed by atoms with Crippen LogP contribution in [0.5, 0.6) is 0 Å². The van der Waals surface area contributed by atoms with Crippen molar-refractivity contribution < 1.29 is 4.79 Å². The minimum absolute atomic E-state index is 0.0655. The lowest BCUT2D eigenvalue weighted by Gasteiger charge is -2.14. The van der Waals surface area contributed by atoms with Crippen LogP contribution in [0.4, 0.5) is 5.82 Å². The summed E-state index contributed by atoms with van der Waals surface area (Å²) < 4.78 is 0.859. The molecule has 1 aromatic rings. The normalized spacial score (nSPS) is 12.0. The van der Waals surface area contributed by atoms with Crippen LogP contribution in [-0.4, -0.2) is 24.0 Å². The van der Waals surface area contributed by atoms with Gasteiger partial charge in [-0.1, -0.05) is 0 Å². The molecule has 82 valence electrons. The molecule has 0 aliphatic carbocycles. The molecule has 0 aromatic carbocycles. The van der Waals surface area contributed by atoms with Crippen molar-refractivity contribution in [3.63, 3.8) is 0 Å². The maximum absolute atomic E-state index is 11.3. The van der Waals surface area contributed by atoms with E-state index in [0.29, 0.717) is 5.82 Å². The van der Waals surface area contributed by atoms with Crippen LogP contribution in [0.2, 0.25) is 0 Å². The molecule has 1 rings (SSSR count). The Labute approximate surface area is 97.6 Å². The summed E-state index contributed by atoms with van der Waals surface area (Å²) in [4.78, 5) is 15.5. The highest BCUT2D eigenvalue weighted by molar-refractivity contribution is 9.10. The van der Waals surface area contributed by atoms with Gasteiger partial charge in [0.15, 0.2) is 0 Å². The lowest BCUT2D eigenvalue weighted by Crippen LogP contribution is -2.35. The van der Waals surface area contributed by atoms with E-state index in [1.54, 1.807) is 20.2 Å². The number of halogens is 1. The van der Waals surface area contributed by atoms with Gasteiger partial charge in [0.05, 0.1) is 4.47 Å². The highest BCUT2D eigenvalue weighted by Crippen LogP contribution is 2.20. The smallest absolute Gasteiger partial charge is 0.241 e. The molecule has 5 heteroatoms. The number of anilines is 1. The summed E-state index contributed by atoms with van der Waals surface area (Å²) >= 11 is 3.39. The van der Waals surface area contributed by atoms with Gasteiger partial charge in [0, 0.05) is 13.2 Å². The number of aryl methyl sites for hydroxylation is 1.